The van der Waals surface area contributed by atoms with Crippen LogP contribution < -0.4 is 0 Å². The molecule has 0 unspecified atom stereocenters. The Morgan fingerprint density at radius 2 is 2.05 bits per heavy atom. The predicted octanol–water partition coefficient (Wildman–Crippen LogP) is 3.22. The zero-order valence-electron chi connectivity index (χ0n) is 11.2. The first-order valence-electron chi connectivity index (χ1n) is 6.42. The van der Waals surface area contributed by atoms with Gasteiger partial charge in [-0.05, 0) is 42.1 Å². The number of hydrogen-bond donors (Lipinski definition) is 1. The molecule has 6 heteroatoms. The highest BCUT2D eigenvalue weighted by Gasteiger charge is 2.26. The second kappa shape index (κ2) is 5.65. The number of carbonyl (C=O) groups is 3. The first-order valence-corrected chi connectivity index (χ1v) is 7.24. The SMILES string of the molecule is O=C1CC(=O)/C(=C/c2ccc(-c3cccc(C(=O)O)c3)o2)S1. The van der Waals surface area contributed by atoms with Crippen LogP contribution in [0.15, 0.2) is 45.7 Å². The summed E-state index contributed by atoms with van der Waals surface area (Å²) in [5, 5.41) is 8.82. The highest BCUT2D eigenvalue weighted by atomic mass is 32.2. The number of ketones is 1. The molecule has 0 radical (unpaired) electrons. The Bertz CT molecular complexity index is 815. The van der Waals surface area contributed by atoms with Gasteiger partial charge in [0.2, 0.25) is 5.12 Å². The Labute approximate surface area is 129 Å². The standard InChI is InChI=1S/C16H10O5S/c17-12-8-15(18)22-14(12)7-11-4-5-13(21-11)9-2-1-3-10(6-9)16(19)20/h1-7H,8H2,(H,19,20)/b14-7-. The van der Waals surface area contributed by atoms with Crippen LogP contribution in [-0.4, -0.2) is 22.0 Å². The molecule has 1 aromatic carbocycles. The minimum atomic E-state index is -1.01. The van der Waals surface area contributed by atoms with Crippen LogP contribution in [0.25, 0.3) is 17.4 Å². The fourth-order valence-corrected chi connectivity index (χ4v) is 2.87. The molecule has 1 N–H and O–H groups in total. The van der Waals surface area contributed by atoms with Gasteiger partial charge in [0.25, 0.3) is 0 Å². The van der Waals surface area contributed by atoms with E-state index in [1.807, 2.05) is 0 Å². The molecule has 1 fully saturated rings. The summed E-state index contributed by atoms with van der Waals surface area (Å²) in [4.78, 5) is 34.1. The largest absolute Gasteiger partial charge is 0.478 e. The normalized spacial score (nSPS) is 16.5. The van der Waals surface area contributed by atoms with Crippen molar-refractivity contribution < 1.29 is 23.9 Å². The van der Waals surface area contributed by atoms with E-state index in [0.717, 1.165) is 11.8 Å². The molecule has 2 aromatic rings. The number of rotatable bonds is 3. The Morgan fingerprint density at radius 1 is 1.23 bits per heavy atom. The van der Waals surface area contributed by atoms with E-state index in [9.17, 15) is 14.4 Å². The first-order chi connectivity index (χ1) is 10.5. The van der Waals surface area contributed by atoms with E-state index in [1.165, 1.54) is 18.2 Å². The van der Waals surface area contributed by atoms with Crippen molar-refractivity contribution in [2.45, 2.75) is 6.42 Å². The van der Waals surface area contributed by atoms with E-state index in [-0.39, 0.29) is 22.9 Å². The molecule has 1 aliphatic rings. The molecule has 0 aliphatic carbocycles. The number of hydrogen-bond acceptors (Lipinski definition) is 5. The van der Waals surface area contributed by atoms with Crippen LogP contribution in [0.2, 0.25) is 0 Å². The van der Waals surface area contributed by atoms with Crippen LogP contribution >= 0.6 is 11.8 Å². The number of carbonyl (C=O) groups excluding carboxylic acids is 2. The maximum absolute atomic E-state index is 11.6. The van der Waals surface area contributed by atoms with Crippen molar-refractivity contribution in [2.24, 2.45) is 0 Å². The van der Waals surface area contributed by atoms with Gasteiger partial charge in [-0.25, -0.2) is 4.79 Å². The summed E-state index contributed by atoms with van der Waals surface area (Å²) in [6, 6.07) is 9.75. The maximum atomic E-state index is 11.6. The lowest BCUT2D eigenvalue weighted by molar-refractivity contribution is -0.119. The van der Waals surface area contributed by atoms with Gasteiger partial charge in [0.1, 0.15) is 11.5 Å². The molecule has 0 saturated carbocycles. The molecular weight excluding hydrogens is 304 g/mol. The number of allylic oxidation sites excluding steroid dienone is 1. The van der Waals surface area contributed by atoms with Gasteiger partial charge in [-0.1, -0.05) is 12.1 Å². The molecule has 5 nitrogen and oxygen atoms in total. The summed E-state index contributed by atoms with van der Waals surface area (Å²) in [6.07, 6.45) is 1.45. The number of thioether (sulfide) groups is 1. The Balaban J connectivity index is 1.90. The zero-order valence-corrected chi connectivity index (χ0v) is 12.1. The van der Waals surface area contributed by atoms with Crippen LogP contribution in [0.5, 0.6) is 0 Å². The van der Waals surface area contributed by atoms with E-state index in [1.54, 1.807) is 24.3 Å². The molecule has 0 amide bonds. The van der Waals surface area contributed by atoms with Gasteiger partial charge in [0.15, 0.2) is 5.78 Å². The van der Waals surface area contributed by atoms with E-state index < -0.39 is 5.97 Å². The number of aromatic carboxylic acids is 1. The Kier molecular flexibility index (Phi) is 3.68. The van der Waals surface area contributed by atoms with Crippen molar-refractivity contribution in [2.75, 3.05) is 0 Å². The second-order valence-electron chi connectivity index (χ2n) is 4.67. The van der Waals surface area contributed by atoms with E-state index in [0.29, 0.717) is 22.0 Å². The number of carboxylic acid groups (broad SMARTS) is 1. The topological polar surface area (TPSA) is 84.6 Å². The van der Waals surface area contributed by atoms with Crippen molar-refractivity contribution in [1.82, 2.24) is 0 Å². The first kappa shape index (κ1) is 14.3. The highest BCUT2D eigenvalue weighted by molar-refractivity contribution is 8.18. The average Bonchev–Trinajstić information content (AvgIpc) is 3.06. The third-order valence-corrected chi connectivity index (χ3v) is 4.04. The predicted molar refractivity (Wildman–Crippen MR) is 81.3 cm³/mol. The molecule has 1 saturated heterocycles. The van der Waals surface area contributed by atoms with E-state index >= 15 is 0 Å². The van der Waals surface area contributed by atoms with E-state index in [4.69, 9.17) is 9.52 Å². The molecule has 22 heavy (non-hydrogen) atoms. The second-order valence-corrected chi connectivity index (χ2v) is 5.77. The number of benzene rings is 1. The molecule has 0 atom stereocenters. The van der Waals surface area contributed by atoms with Crippen molar-refractivity contribution >= 4 is 34.7 Å². The number of Topliss-reactive ketones (excluding diaryl/α,β-unsaturated/α-hetero) is 1. The molecule has 3 rings (SSSR count). The van der Waals surface area contributed by atoms with Crippen molar-refractivity contribution in [3.8, 4) is 11.3 Å². The molecule has 1 aromatic heterocycles. The minimum Gasteiger partial charge on any atom is -0.478 e. The summed E-state index contributed by atoms with van der Waals surface area (Å²) in [6.45, 7) is 0. The molecule has 0 bridgehead atoms. The summed E-state index contributed by atoms with van der Waals surface area (Å²) >= 11 is 0.915. The van der Waals surface area contributed by atoms with Gasteiger partial charge in [-0.3, -0.25) is 9.59 Å². The lowest BCUT2D eigenvalue weighted by atomic mass is 10.1. The lowest BCUT2D eigenvalue weighted by Crippen LogP contribution is -1.95. The van der Waals surface area contributed by atoms with Gasteiger partial charge < -0.3 is 9.52 Å². The minimum absolute atomic E-state index is 0.0786. The average molecular weight is 314 g/mol. The molecule has 0 spiro atoms. The molecule has 2 heterocycles. The Hall–Kier alpha value is -2.60. The van der Waals surface area contributed by atoms with Crippen molar-refractivity contribution in [3.05, 3.63) is 52.6 Å². The summed E-state index contributed by atoms with van der Waals surface area (Å²) < 4.78 is 5.60. The summed E-state index contributed by atoms with van der Waals surface area (Å²) in [5.41, 5.74) is 0.798. The van der Waals surface area contributed by atoms with Crippen molar-refractivity contribution in [1.29, 1.82) is 0 Å². The fraction of sp³-hybridized carbons (Fsp3) is 0.0625. The van der Waals surface area contributed by atoms with Gasteiger partial charge in [-0.15, -0.1) is 0 Å². The van der Waals surface area contributed by atoms with Gasteiger partial charge >= 0.3 is 5.97 Å². The third-order valence-electron chi connectivity index (χ3n) is 3.10. The molecule has 1 aliphatic heterocycles. The lowest BCUT2D eigenvalue weighted by Gasteiger charge is -1.99. The number of furan rings is 1. The van der Waals surface area contributed by atoms with Gasteiger partial charge in [-0.2, -0.15) is 0 Å². The number of carboxylic acids is 1. The third kappa shape index (κ3) is 2.87. The molecular formula is C16H10O5S. The van der Waals surface area contributed by atoms with Crippen LogP contribution in [0.1, 0.15) is 22.5 Å². The maximum Gasteiger partial charge on any atom is 0.335 e. The van der Waals surface area contributed by atoms with Crippen LogP contribution in [-0.2, 0) is 9.59 Å². The monoisotopic (exact) mass is 314 g/mol. The van der Waals surface area contributed by atoms with Crippen LogP contribution in [0, 0.1) is 0 Å². The van der Waals surface area contributed by atoms with Crippen molar-refractivity contribution in [3.63, 3.8) is 0 Å². The smallest absolute Gasteiger partial charge is 0.335 e. The van der Waals surface area contributed by atoms with E-state index in [2.05, 4.69) is 0 Å². The summed E-state index contributed by atoms with van der Waals surface area (Å²) in [7, 11) is 0. The molecule has 110 valence electrons. The quantitative estimate of drug-likeness (QED) is 0.691. The van der Waals surface area contributed by atoms with Gasteiger partial charge in [0.05, 0.1) is 16.9 Å². The van der Waals surface area contributed by atoms with Gasteiger partial charge in [0, 0.05) is 5.56 Å². The van der Waals surface area contributed by atoms with Crippen LogP contribution in [0.3, 0.4) is 0 Å². The van der Waals surface area contributed by atoms with Crippen LogP contribution in [0.4, 0.5) is 0 Å². The summed E-state index contributed by atoms with van der Waals surface area (Å²) in [5.74, 6) is -0.277. The highest BCUT2D eigenvalue weighted by Crippen LogP contribution is 2.32. The fourth-order valence-electron chi connectivity index (χ4n) is 2.06. The zero-order chi connectivity index (χ0) is 15.7. The Morgan fingerprint density at radius 3 is 2.73 bits per heavy atom.